The first-order valence-corrected chi connectivity index (χ1v) is 6.25. The maximum atomic E-state index is 11.1. The number of carbonyl (C=O) groups excluding carboxylic acids is 1. The van der Waals surface area contributed by atoms with Crippen molar-refractivity contribution in [1.82, 2.24) is 0 Å². The molecule has 1 aliphatic heterocycles. The van der Waals surface area contributed by atoms with Gasteiger partial charge in [0.2, 0.25) is 0 Å². The van der Waals surface area contributed by atoms with Gasteiger partial charge in [0.1, 0.15) is 11.5 Å². The summed E-state index contributed by atoms with van der Waals surface area (Å²) in [5.74, 6) is 1.80. The highest BCUT2D eigenvalue weighted by atomic mass is 16.5. The van der Waals surface area contributed by atoms with E-state index in [-0.39, 0.29) is 0 Å². The van der Waals surface area contributed by atoms with Crippen molar-refractivity contribution in [3.8, 4) is 11.5 Å². The van der Waals surface area contributed by atoms with Gasteiger partial charge in [-0.1, -0.05) is 0 Å². The SMILES string of the molecule is COc1c(C)c(C)c2c(c1C)CCC(C)(C=O)O2. The smallest absolute Gasteiger partial charge is 0.163 e. The summed E-state index contributed by atoms with van der Waals surface area (Å²) >= 11 is 0. The number of benzene rings is 1. The summed E-state index contributed by atoms with van der Waals surface area (Å²) in [5, 5.41) is 0. The van der Waals surface area contributed by atoms with Gasteiger partial charge in [0, 0.05) is 5.56 Å². The number of aldehydes is 1. The van der Waals surface area contributed by atoms with E-state index in [0.717, 1.165) is 47.3 Å². The number of hydrogen-bond acceptors (Lipinski definition) is 3. The summed E-state index contributed by atoms with van der Waals surface area (Å²) in [6.45, 7) is 7.94. The third-order valence-electron chi connectivity index (χ3n) is 3.97. The summed E-state index contributed by atoms with van der Waals surface area (Å²) in [7, 11) is 1.69. The second-order valence-electron chi connectivity index (χ2n) is 5.25. The Kier molecular flexibility index (Phi) is 3.09. The Balaban J connectivity index is 2.63. The van der Waals surface area contributed by atoms with E-state index in [1.807, 2.05) is 20.8 Å². The molecule has 0 N–H and O–H groups in total. The average Bonchev–Trinajstić information content (AvgIpc) is 2.37. The Hall–Kier alpha value is -1.51. The summed E-state index contributed by atoms with van der Waals surface area (Å²) in [6.07, 6.45) is 2.48. The van der Waals surface area contributed by atoms with E-state index in [1.165, 1.54) is 5.56 Å². The lowest BCUT2D eigenvalue weighted by atomic mass is 9.88. The molecule has 0 amide bonds. The second kappa shape index (κ2) is 4.30. The van der Waals surface area contributed by atoms with Crippen LogP contribution in [0.25, 0.3) is 0 Å². The van der Waals surface area contributed by atoms with Crippen LogP contribution in [-0.4, -0.2) is 19.0 Å². The van der Waals surface area contributed by atoms with Crippen LogP contribution in [0.5, 0.6) is 11.5 Å². The molecule has 0 saturated heterocycles. The lowest BCUT2D eigenvalue weighted by molar-refractivity contribution is -0.121. The first-order valence-electron chi connectivity index (χ1n) is 6.25. The third kappa shape index (κ3) is 1.78. The van der Waals surface area contributed by atoms with Crippen molar-refractivity contribution >= 4 is 6.29 Å². The van der Waals surface area contributed by atoms with Crippen LogP contribution in [0.1, 0.15) is 35.6 Å². The van der Waals surface area contributed by atoms with Crippen LogP contribution in [0.4, 0.5) is 0 Å². The topological polar surface area (TPSA) is 35.5 Å². The van der Waals surface area contributed by atoms with E-state index in [4.69, 9.17) is 9.47 Å². The normalized spacial score (nSPS) is 22.1. The lowest BCUT2D eigenvalue weighted by Gasteiger charge is -2.34. The highest BCUT2D eigenvalue weighted by molar-refractivity contribution is 5.66. The van der Waals surface area contributed by atoms with Crippen LogP contribution < -0.4 is 9.47 Å². The highest BCUT2D eigenvalue weighted by Crippen LogP contribution is 2.43. The molecule has 1 heterocycles. The van der Waals surface area contributed by atoms with Gasteiger partial charge >= 0.3 is 0 Å². The molecule has 3 nitrogen and oxygen atoms in total. The van der Waals surface area contributed by atoms with Gasteiger partial charge in [-0.15, -0.1) is 0 Å². The van der Waals surface area contributed by atoms with Crippen LogP contribution >= 0.6 is 0 Å². The summed E-state index contributed by atoms with van der Waals surface area (Å²) in [5.41, 5.74) is 3.77. The molecular weight excluding hydrogens is 228 g/mol. The molecule has 0 saturated carbocycles. The van der Waals surface area contributed by atoms with E-state index in [2.05, 4.69) is 6.92 Å². The standard InChI is InChI=1S/C15H20O3/c1-9-10(2)14-12(11(3)13(9)17-5)6-7-15(4,8-16)18-14/h8H,6-7H2,1-5H3. The van der Waals surface area contributed by atoms with E-state index >= 15 is 0 Å². The molecule has 0 aliphatic carbocycles. The van der Waals surface area contributed by atoms with Gasteiger partial charge in [0.05, 0.1) is 7.11 Å². The van der Waals surface area contributed by atoms with Gasteiger partial charge < -0.3 is 9.47 Å². The molecular formula is C15H20O3. The minimum atomic E-state index is -0.689. The Morgan fingerprint density at radius 2 is 1.89 bits per heavy atom. The van der Waals surface area contributed by atoms with Crippen molar-refractivity contribution in [2.45, 2.75) is 46.1 Å². The van der Waals surface area contributed by atoms with Crippen LogP contribution in [0.2, 0.25) is 0 Å². The molecule has 1 aromatic rings. The minimum absolute atomic E-state index is 0.689. The second-order valence-corrected chi connectivity index (χ2v) is 5.25. The van der Waals surface area contributed by atoms with Gasteiger partial charge in [-0.05, 0) is 57.2 Å². The maximum Gasteiger partial charge on any atom is 0.163 e. The van der Waals surface area contributed by atoms with Crippen molar-refractivity contribution in [1.29, 1.82) is 0 Å². The third-order valence-corrected chi connectivity index (χ3v) is 3.97. The molecule has 0 fully saturated rings. The van der Waals surface area contributed by atoms with Crippen molar-refractivity contribution in [3.05, 3.63) is 22.3 Å². The fourth-order valence-electron chi connectivity index (χ4n) is 2.64. The number of methoxy groups -OCH3 is 1. The van der Waals surface area contributed by atoms with E-state index in [9.17, 15) is 4.79 Å². The van der Waals surface area contributed by atoms with Crippen molar-refractivity contribution in [2.24, 2.45) is 0 Å². The number of fused-ring (bicyclic) bond motifs is 1. The molecule has 1 atom stereocenters. The number of ether oxygens (including phenoxy) is 2. The molecule has 0 spiro atoms. The molecule has 0 aromatic heterocycles. The minimum Gasteiger partial charge on any atom is -0.496 e. The first-order chi connectivity index (χ1) is 8.43. The van der Waals surface area contributed by atoms with E-state index < -0.39 is 5.60 Å². The number of rotatable bonds is 2. The Labute approximate surface area is 108 Å². The average molecular weight is 248 g/mol. The fourth-order valence-corrected chi connectivity index (χ4v) is 2.64. The van der Waals surface area contributed by atoms with Crippen molar-refractivity contribution < 1.29 is 14.3 Å². The largest absolute Gasteiger partial charge is 0.496 e. The van der Waals surface area contributed by atoms with Gasteiger partial charge in [-0.25, -0.2) is 0 Å². The lowest BCUT2D eigenvalue weighted by Crippen LogP contribution is -2.38. The monoisotopic (exact) mass is 248 g/mol. The van der Waals surface area contributed by atoms with E-state index in [0.29, 0.717) is 0 Å². The molecule has 1 unspecified atom stereocenters. The zero-order valence-corrected chi connectivity index (χ0v) is 11.7. The van der Waals surface area contributed by atoms with E-state index in [1.54, 1.807) is 7.11 Å². The van der Waals surface area contributed by atoms with Gasteiger partial charge in [-0.3, -0.25) is 4.79 Å². The molecule has 1 aromatic carbocycles. The van der Waals surface area contributed by atoms with Gasteiger partial charge in [0.25, 0.3) is 0 Å². The Morgan fingerprint density at radius 3 is 2.44 bits per heavy atom. The number of hydrogen-bond donors (Lipinski definition) is 0. The summed E-state index contributed by atoms with van der Waals surface area (Å²) in [6, 6.07) is 0. The molecule has 2 rings (SSSR count). The van der Waals surface area contributed by atoms with Crippen molar-refractivity contribution in [2.75, 3.05) is 7.11 Å². The molecule has 98 valence electrons. The summed E-state index contributed by atoms with van der Waals surface area (Å²) in [4.78, 5) is 11.1. The van der Waals surface area contributed by atoms with Gasteiger partial charge in [-0.2, -0.15) is 0 Å². The zero-order valence-electron chi connectivity index (χ0n) is 11.7. The first kappa shape index (κ1) is 12.9. The maximum absolute atomic E-state index is 11.1. The van der Waals surface area contributed by atoms with Gasteiger partial charge in [0.15, 0.2) is 11.9 Å². The highest BCUT2D eigenvalue weighted by Gasteiger charge is 2.34. The van der Waals surface area contributed by atoms with Crippen LogP contribution in [0, 0.1) is 20.8 Å². The Morgan fingerprint density at radius 1 is 1.22 bits per heavy atom. The molecule has 18 heavy (non-hydrogen) atoms. The molecule has 0 bridgehead atoms. The Bertz CT molecular complexity index is 505. The van der Waals surface area contributed by atoms with Crippen LogP contribution in [0.15, 0.2) is 0 Å². The molecule has 1 aliphatic rings. The zero-order chi connectivity index (χ0) is 13.5. The van der Waals surface area contributed by atoms with Crippen LogP contribution in [-0.2, 0) is 11.2 Å². The molecule has 0 radical (unpaired) electrons. The predicted octanol–water partition coefficient (Wildman–Crippen LogP) is 2.90. The number of carbonyl (C=O) groups is 1. The molecule has 3 heteroatoms. The quantitative estimate of drug-likeness (QED) is 0.755. The summed E-state index contributed by atoms with van der Waals surface area (Å²) < 4.78 is 11.4. The fraction of sp³-hybridized carbons (Fsp3) is 0.533. The predicted molar refractivity (Wildman–Crippen MR) is 70.6 cm³/mol. The van der Waals surface area contributed by atoms with Crippen molar-refractivity contribution in [3.63, 3.8) is 0 Å². The van der Waals surface area contributed by atoms with Crippen LogP contribution in [0.3, 0.4) is 0 Å².